The summed E-state index contributed by atoms with van der Waals surface area (Å²) in [5, 5.41) is 23.2. The monoisotopic (exact) mass is 944 g/mol. The highest BCUT2D eigenvalue weighted by atomic mass is 16.5. The van der Waals surface area contributed by atoms with E-state index in [0.29, 0.717) is 25.9 Å². The number of hydrogen-bond acceptors (Lipinski definition) is 5. The van der Waals surface area contributed by atoms with Gasteiger partial charge >= 0.3 is 5.97 Å². The van der Waals surface area contributed by atoms with Gasteiger partial charge in [-0.15, -0.1) is 0 Å². The first-order valence-corrected chi connectivity index (χ1v) is 30.1. The summed E-state index contributed by atoms with van der Waals surface area (Å²) in [5.41, 5.74) is 0. The Morgan fingerprint density at radius 3 is 1.15 bits per heavy atom. The molecule has 2 unspecified atom stereocenters. The summed E-state index contributed by atoms with van der Waals surface area (Å²) in [4.78, 5) is 24.5. The minimum absolute atomic E-state index is 0.00207. The van der Waals surface area contributed by atoms with Crippen molar-refractivity contribution in [3.63, 3.8) is 0 Å². The maximum absolute atomic E-state index is 12.5. The fourth-order valence-corrected chi connectivity index (χ4v) is 9.38. The number of nitrogens with one attached hydrogen (secondary N) is 1. The zero-order valence-corrected chi connectivity index (χ0v) is 45.1. The minimum atomic E-state index is -0.665. The van der Waals surface area contributed by atoms with Crippen LogP contribution in [0.1, 0.15) is 328 Å². The standard InChI is InChI=1S/C61H117NO5/c1-3-5-7-9-11-13-15-17-18-19-24-27-31-35-39-43-47-51-55-61(66)67-56-52-48-44-40-36-32-28-25-22-20-21-23-26-30-34-38-42-46-50-54-60(65)62-58(57-63)59(64)53-49-45-41-37-33-29-16-14-12-10-8-6-4-2/h13,15,18-19,58-59,63-64H,3-12,14,16-17,20-57H2,1-2H3,(H,62,65)/b15-13-,19-18-. The third kappa shape index (κ3) is 53.5. The van der Waals surface area contributed by atoms with Crippen molar-refractivity contribution in [3.8, 4) is 0 Å². The van der Waals surface area contributed by atoms with Crippen molar-refractivity contribution in [2.24, 2.45) is 0 Å². The van der Waals surface area contributed by atoms with Gasteiger partial charge in [-0.2, -0.15) is 0 Å². The lowest BCUT2D eigenvalue weighted by Crippen LogP contribution is -2.45. The molecule has 0 aliphatic heterocycles. The van der Waals surface area contributed by atoms with Crippen LogP contribution in [0.5, 0.6) is 0 Å². The van der Waals surface area contributed by atoms with Gasteiger partial charge in [-0.3, -0.25) is 9.59 Å². The molecule has 0 heterocycles. The molecule has 6 heteroatoms. The lowest BCUT2D eigenvalue weighted by atomic mass is 10.0. The number of amides is 1. The van der Waals surface area contributed by atoms with Crippen molar-refractivity contribution in [1.82, 2.24) is 5.32 Å². The van der Waals surface area contributed by atoms with Gasteiger partial charge in [0, 0.05) is 12.8 Å². The van der Waals surface area contributed by atoms with Crippen LogP contribution in [0.4, 0.5) is 0 Å². The van der Waals surface area contributed by atoms with E-state index in [9.17, 15) is 19.8 Å². The van der Waals surface area contributed by atoms with Crippen molar-refractivity contribution in [1.29, 1.82) is 0 Å². The van der Waals surface area contributed by atoms with Crippen molar-refractivity contribution in [3.05, 3.63) is 24.3 Å². The number of aliphatic hydroxyl groups is 2. The molecule has 0 aliphatic carbocycles. The second kappa shape index (κ2) is 56.9. The number of rotatable bonds is 56. The first-order chi connectivity index (χ1) is 33.0. The Morgan fingerprint density at radius 1 is 0.418 bits per heavy atom. The van der Waals surface area contributed by atoms with Crippen molar-refractivity contribution < 1.29 is 24.5 Å². The minimum Gasteiger partial charge on any atom is -0.466 e. The number of ether oxygens (including phenoxy) is 1. The van der Waals surface area contributed by atoms with Gasteiger partial charge in [0.2, 0.25) is 5.91 Å². The van der Waals surface area contributed by atoms with Crippen LogP contribution in [-0.4, -0.2) is 47.4 Å². The summed E-state index contributed by atoms with van der Waals surface area (Å²) in [7, 11) is 0. The Bertz CT molecular complexity index is 1040. The van der Waals surface area contributed by atoms with Gasteiger partial charge in [-0.25, -0.2) is 0 Å². The molecule has 0 radical (unpaired) electrons. The average molecular weight is 945 g/mol. The number of unbranched alkanes of at least 4 members (excludes halogenated alkanes) is 41. The number of carbonyl (C=O) groups excluding carboxylic acids is 2. The molecule has 0 saturated heterocycles. The zero-order chi connectivity index (χ0) is 48.6. The van der Waals surface area contributed by atoms with Crippen LogP contribution in [0.3, 0.4) is 0 Å². The summed E-state index contributed by atoms with van der Waals surface area (Å²) in [6, 6.07) is -0.543. The van der Waals surface area contributed by atoms with Gasteiger partial charge in [-0.1, -0.05) is 282 Å². The molecule has 3 N–H and O–H groups in total. The first-order valence-electron chi connectivity index (χ1n) is 30.1. The number of carbonyl (C=O) groups is 2. The van der Waals surface area contributed by atoms with Crippen LogP contribution in [0, 0.1) is 0 Å². The van der Waals surface area contributed by atoms with E-state index in [0.717, 1.165) is 51.4 Å². The highest BCUT2D eigenvalue weighted by Crippen LogP contribution is 2.18. The summed E-state index contributed by atoms with van der Waals surface area (Å²) >= 11 is 0. The van der Waals surface area contributed by atoms with Gasteiger partial charge in [0.1, 0.15) is 0 Å². The van der Waals surface area contributed by atoms with E-state index in [1.165, 1.54) is 244 Å². The molecule has 0 aromatic carbocycles. The normalized spacial score (nSPS) is 12.7. The van der Waals surface area contributed by atoms with Crippen molar-refractivity contribution in [2.75, 3.05) is 13.2 Å². The van der Waals surface area contributed by atoms with Crippen LogP contribution < -0.4 is 5.32 Å². The highest BCUT2D eigenvalue weighted by molar-refractivity contribution is 5.76. The fraction of sp³-hybridized carbons (Fsp3) is 0.902. The van der Waals surface area contributed by atoms with Crippen LogP contribution in [0.2, 0.25) is 0 Å². The Balaban J connectivity index is 3.38. The lowest BCUT2D eigenvalue weighted by molar-refractivity contribution is -0.143. The smallest absolute Gasteiger partial charge is 0.305 e. The fourth-order valence-electron chi connectivity index (χ4n) is 9.38. The second-order valence-electron chi connectivity index (χ2n) is 20.7. The summed E-state index contributed by atoms with van der Waals surface area (Å²) in [5.74, 6) is -0.0350. The van der Waals surface area contributed by atoms with E-state index in [1.54, 1.807) is 0 Å². The molecule has 0 saturated carbocycles. The van der Waals surface area contributed by atoms with Crippen molar-refractivity contribution >= 4 is 11.9 Å². The van der Waals surface area contributed by atoms with E-state index in [4.69, 9.17) is 4.74 Å². The van der Waals surface area contributed by atoms with E-state index in [2.05, 4.69) is 43.5 Å². The number of hydrogen-bond donors (Lipinski definition) is 3. The SMILES string of the molecule is CCCCCC/C=C\C/C=C\CCCCCCCCCC(=O)OCCCCCCCCCCCCCCCCCCCCCC(=O)NC(CO)C(O)CCCCCCCCCCCCCCC. The van der Waals surface area contributed by atoms with E-state index < -0.39 is 12.1 Å². The van der Waals surface area contributed by atoms with Crippen LogP contribution in [0.25, 0.3) is 0 Å². The maximum Gasteiger partial charge on any atom is 0.305 e. The molecular weight excluding hydrogens is 827 g/mol. The maximum atomic E-state index is 12.5. The second-order valence-corrected chi connectivity index (χ2v) is 20.7. The number of allylic oxidation sites excluding steroid dienone is 4. The molecule has 0 aromatic rings. The van der Waals surface area contributed by atoms with Crippen LogP contribution in [-0.2, 0) is 14.3 Å². The molecule has 2 atom stereocenters. The third-order valence-corrected chi connectivity index (χ3v) is 14.0. The molecule has 0 fully saturated rings. The zero-order valence-electron chi connectivity index (χ0n) is 45.1. The molecule has 0 bridgehead atoms. The van der Waals surface area contributed by atoms with Gasteiger partial charge in [0.05, 0.1) is 25.4 Å². The third-order valence-electron chi connectivity index (χ3n) is 14.0. The molecule has 0 spiro atoms. The van der Waals surface area contributed by atoms with E-state index in [1.807, 2.05) is 0 Å². The largest absolute Gasteiger partial charge is 0.466 e. The molecule has 396 valence electrons. The van der Waals surface area contributed by atoms with Gasteiger partial charge < -0.3 is 20.3 Å². The predicted molar refractivity (Wildman–Crippen MR) is 292 cm³/mol. The van der Waals surface area contributed by atoms with E-state index in [-0.39, 0.29) is 18.5 Å². The number of aliphatic hydroxyl groups excluding tert-OH is 2. The molecule has 67 heavy (non-hydrogen) atoms. The van der Waals surface area contributed by atoms with Crippen LogP contribution in [0.15, 0.2) is 24.3 Å². The Kier molecular flexibility index (Phi) is 55.5. The summed E-state index contributed by atoms with van der Waals surface area (Å²) in [6.07, 6.45) is 68.9. The van der Waals surface area contributed by atoms with Crippen molar-refractivity contribution in [2.45, 2.75) is 341 Å². The Hall–Kier alpha value is -1.66. The summed E-state index contributed by atoms with van der Waals surface area (Å²) < 4.78 is 5.49. The topological polar surface area (TPSA) is 95.9 Å². The van der Waals surface area contributed by atoms with Gasteiger partial charge in [0.15, 0.2) is 0 Å². The predicted octanol–water partition coefficient (Wildman–Crippen LogP) is 18.6. The number of esters is 1. The van der Waals surface area contributed by atoms with Crippen LogP contribution >= 0.6 is 0 Å². The van der Waals surface area contributed by atoms with Gasteiger partial charge in [-0.05, 0) is 57.8 Å². The molecule has 0 aromatic heterocycles. The molecule has 0 rings (SSSR count). The Morgan fingerprint density at radius 2 is 0.746 bits per heavy atom. The van der Waals surface area contributed by atoms with Gasteiger partial charge in [0.25, 0.3) is 0 Å². The quantitative estimate of drug-likeness (QED) is 0.0321. The Labute approximate surface area is 418 Å². The molecule has 1 amide bonds. The van der Waals surface area contributed by atoms with E-state index >= 15 is 0 Å². The first kappa shape index (κ1) is 65.3. The molecule has 0 aliphatic rings. The summed E-state index contributed by atoms with van der Waals surface area (Å²) in [6.45, 7) is 4.94. The highest BCUT2D eigenvalue weighted by Gasteiger charge is 2.20. The lowest BCUT2D eigenvalue weighted by Gasteiger charge is -2.22. The molecular formula is C61H117NO5. The molecule has 6 nitrogen and oxygen atoms in total. The average Bonchev–Trinajstić information content (AvgIpc) is 3.33.